The zero-order valence-electron chi connectivity index (χ0n) is 17.9. The summed E-state index contributed by atoms with van der Waals surface area (Å²) in [4.78, 5) is 41.7. The second-order valence-electron chi connectivity index (χ2n) is 7.38. The number of nitrogens with zero attached hydrogens (tertiary/aromatic N) is 1. The van der Waals surface area contributed by atoms with Crippen molar-refractivity contribution in [2.24, 2.45) is 0 Å². The smallest absolute Gasteiger partial charge is 0.339 e. The third-order valence-corrected chi connectivity index (χ3v) is 5.39. The van der Waals surface area contributed by atoms with E-state index in [0.29, 0.717) is 46.9 Å². The zero-order chi connectivity index (χ0) is 22.0. The highest BCUT2D eigenvalue weighted by Crippen LogP contribution is 2.34. The molecule has 1 unspecified atom stereocenters. The van der Waals surface area contributed by atoms with Gasteiger partial charge in [0.2, 0.25) is 11.7 Å². The number of Topliss-reactive ketones (excluding diaryl/α,β-unsaturated/α-hetero) is 1. The molecular weight excluding hydrogens is 386 g/mol. The fourth-order valence-corrected chi connectivity index (χ4v) is 3.83. The highest BCUT2D eigenvalue weighted by Gasteiger charge is 2.27. The van der Waals surface area contributed by atoms with Crippen LogP contribution in [0.5, 0.6) is 5.75 Å². The normalized spacial score (nSPS) is 14.6. The number of rotatable bonds is 7. The predicted octanol–water partition coefficient (Wildman–Crippen LogP) is 3.24. The Morgan fingerprint density at radius 1 is 1.23 bits per heavy atom. The number of carbonyl (C=O) groups is 3. The van der Waals surface area contributed by atoms with Gasteiger partial charge in [-0.15, -0.1) is 0 Å². The number of H-pyrrole nitrogens is 1. The van der Waals surface area contributed by atoms with Crippen LogP contribution in [0.15, 0.2) is 18.2 Å². The van der Waals surface area contributed by atoms with Gasteiger partial charge in [0.05, 0.1) is 37.2 Å². The molecule has 2 heterocycles. The van der Waals surface area contributed by atoms with Gasteiger partial charge in [-0.05, 0) is 44.9 Å². The van der Waals surface area contributed by atoms with Crippen molar-refractivity contribution in [3.05, 3.63) is 40.7 Å². The number of aromatic nitrogens is 1. The molecule has 0 saturated carbocycles. The molecule has 8 heteroatoms. The van der Waals surface area contributed by atoms with E-state index in [4.69, 9.17) is 9.47 Å². The Kier molecular flexibility index (Phi) is 6.14. The maximum Gasteiger partial charge on any atom is 0.339 e. The molecule has 1 fully saturated rings. The second-order valence-corrected chi connectivity index (χ2v) is 7.38. The fraction of sp³-hybridized carbons (Fsp3) is 0.409. The highest BCUT2D eigenvalue weighted by molar-refractivity contribution is 6.05. The summed E-state index contributed by atoms with van der Waals surface area (Å²) in [6.45, 7) is 5.88. The van der Waals surface area contributed by atoms with Gasteiger partial charge in [0, 0.05) is 30.4 Å². The molecule has 1 amide bonds. The molecule has 2 N–H and O–H groups in total. The lowest BCUT2D eigenvalue weighted by atomic mass is 10.0. The van der Waals surface area contributed by atoms with Crippen molar-refractivity contribution >= 4 is 29.0 Å². The molecule has 1 aliphatic heterocycles. The molecule has 8 nitrogen and oxygen atoms in total. The van der Waals surface area contributed by atoms with Gasteiger partial charge in [-0.3, -0.25) is 9.59 Å². The van der Waals surface area contributed by atoms with Crippen LogP contribution in [-0.4, -0.2) is 49.4 Å². The average Bonchev–Trinajstić information content (AvgIpc) is 3.29. The molecule has 1 aromatic heterocycles. The van der Waals surface area contributed by atoms with E-state index in [-0.39, 0.29) is 11.7 Å². The van der Waals surface area contributed by atoms with E-state index in [2.05, 4.69) is 10.3 Å². The number of esters is 1. The number of ether oxygens (including phenoxy) is 2. The minimum atomic E-state index is -0.559. The summed E-state index contributed by atoms with van der Waals surface area (Å²) < 4.78 is 10.3. The van der Waals surface area contributed by atoms with Gasteiger partial charge in [-0.1, -0.05) is 0 Å². The maximum atomic E-state index is 13.0. The van der Waals surface area contributed by atoms with Gasteiger partial charge in [0.1, 0.15) is 5.75 Å². The third kappa shape index (κ3) is 3.90. The first-order chi connectivity index (χ1) is 14.3. The molecule has 0 spiro atoms. The van der Waals surface area contributed by atoms with Crippen LogP contribution in [0, 0.1) is 13.8 Å². The first-order valence-corrected chi connectivity index (χ1v) is 9.85. The molecule has 160 valence electrons. The van der Waals surface area contributed by atoms with Crippen LogP contribution in [0.2, 0.25) is 0 Å². The van der Waals surface area contributed by atoms with E-state index in [0.717, 1.165) is 12.1 Å². The largest absolute Gasteiger partial charge is 0.494 e. The lowest BCUT2D eigenvalue weighted by molar-refractivity contribution is -0.117. The van der Waals surface area contributed by atoms with E-state index in [1.54, 1.807) is 38.8 Å². The number of benzene rings is 1. The molecule has 2 aromatic rings. The number of anilines is 2. The third-order valence-electron chi connectivity index (χ3n) is 5.39. The number of hydrogen-bond donors (Lipinski definition) is 2. The van der Waals surface area contributed by atoms with Gasteiger partial charge in [-0.2, -0.15) is 0 Å². The van der Waals surface area contributed by atoms with E-state index in [1.165, 1.54) is 7.11 Å². The number of carbonyl (C=O) groups excluding carboxylic acids is 3. The number of aromatic amines is 1. The van der Waals surface area contributed by atoms with Crippen LogP contribution >= 0.6 is 0 Å². The summed E-state index contributed by atoms with van der Waals surface area (Å²) >= 11 is 0. The lowest BCUT2D eigenvalue weighted by Gasteiger charge is -2.21. The Morgan fingerprint density at radius 3 is 2.57 bits per heavy atom. The monoisotopic (exact) mass is 413 g/mol. The van der Waals surface area contributed by atoms with E-state index < -0.39 is 12.0 Å². The van der Waals surface area contributed by atoms with Crippen molar-refractivity contribution in [1.82, 2.24) is 4.98 Å². The molecule has 1 saturated heterocycles. The zero-order valence-corrected chi connectivity index (χ0v) is 17.9. The fourth-order valence-electron chi connectivity index (χ4n) is 3.83. The molecule has 30 heavy (non-hydrogen) atoms. The molecule has 0 aliphatic carbocycles. The Hall–Kier alpha value is -3.29. The number of ketones is 1. The van der Waals surface area contributed by atoms with Crippen LogP contribution < -0.4 is 15.0 Å². The van der Waals surface area contributed by atoms with Crippen molar-refractivity contribution < 1.29 is 23.9 Å². The van der Waals surface area contributed by atoms with Crippen LogP contribution in [0.4, 0.5) is 11.4 Å². The molecule has 0 bridgehead atoms. The molecule has 1 aromatic carbocycles. The molecule has 0 radical (unpaired) electrons. The van der Waals surface area contributed by atoms with Gasteiger partial charge < -0.3 is 24.7 Å². The second kappa shape index (κ2) is 8.61. The summed E-state index contributed by atoms with van der Waals surface area (Å²) in [5.41, 5.74) is 3.34. The molecule has 3 rings (SSSR count). The van der Waals surface area contributed by atoms with Crippen molar-refractivity contribution in [2.45, 2.75) is 39.7 Å². The molecule has 1 atom stereocenters. The van der Waals surface area contributed by atoms with Gasteiger partial charge in [-0.25, -0.2) is 4.79 Å². The Bertz CT molecular complexity index is 995. The number of nitrogens with one attached hydrogen (secondary N) is 2. The molecule has 1 aliphatic rings. The van der Waals surface area contributed by atoms with Crippen LogP contribution in [0.25, 0.3) is 0 Å². The van der Waals surface area contributed by atoms with Crippen molar-refractivity contribution in [1.29, 1.82) is 0 Å². The van der Waals surface area contributed by atoms with E-state index >= 15 is 0 Å². The summed E-state index contributed by atoms with van der Waals surface area (Å²) in [6.07, 6.45) is 1.37. The quantitative estimate of drug-likeness (QED) is 0.534. The topological polar surface area (TPSA) is 101 Å². The first kappa shape index (κ1) is 21.4. The Morgan fingerprint density at radius 2 is 1.97 bits per heavy atom. The van der Waals surface area contributed by atoms with Crippen LogP contribution in [0.1, 0.15) is 51.9 Å². The van der Waals surface area contributed by atoms with Crippen molar-refractivity contribution in [3.63, 3.8) is 0 Å². The lowest BCUT2D eigenvalue weighted by Crippen LogP contribution is -2.27. The van der Waals surface area contributed by atoms with Gasteiger partial charge in [0.25, 0.3) is 0 Å². The number of methoxy groups -OCH3 is 2. The predicted molar refractivity (Wildman–Crippen MR) is 114 cm³/mol. The van der Waals surface area contributed by atoms with Gasteiger partial charge in [0.15, 0.2) is 0 Å². The number of amides is 1. The van der Waals surface area contributed by atoms with Gasteiger partial charge >= 0.3 is 5.97 Å². The highest BCUT2D eigenvalue weighted by atomic mass is 16.5. The number of aryl methyl sites for hydroxylation is 1. The molecular formula is C22H27N3O5. The minimum absolute atomic E-state index is 0.0801. The van der Waals surface area contributed by atoms with Crippen molar-refractivity contribution in [2.75, 3.05) is 31.0 Å². The Balaban J connectivity index is 1.80. The summed E-state index contributed by atoms with van der Waals surface area (Å²) in [7, 11) is 2.86. The standard InChI is InChI=1S/C22H27N3O5/c1-12-19(22(28)30-5)13(2)24-20(12)21(27)14(3)23-15-8-9-16(17(11-15)29-4)25-10-6-7-18(25)26/h8-9,11,14,23-24H,6-7,10H2,1-5H3. The Labute approximate surface area is 175 Å². The maximum absolute atomic E-state index is 13.0. The minimum Gasteiger partial charge on any atom is -0.494 e. The number of hydrogen-bond acceptors (Lipinski definition) is 6. The average molecular weight is 413 g/mol. The summed E-state index contributed by atoms with van der Waals surface area (Å²) in [5.74, 6) is -0.00690. The summed E-state index contributed by atoms with van der Waals surface area (Å²) in [6, 6.07) is 4.86. The first-order valence-electron chi connectivity index (χ1n) is 9.85. The van der Waals surface area contributed by atoms with Crippen molar-refractivity contribution in [3.8, 4) is 5.75 Å². The van der Waals surface area contributed by atoms with E-state index in [9.17, 15) is 14.4 Å². The summed E-state index contributed by atoms with van der Waals surface area (Å²) in [5, 5.41) is 3.17. The van der Waals surface area contributed by atoms with Crippen LogP contribution in [-0.2, 0) is 9.53 Å². The van der Waals surface area contributed by atoms with Crippen LogP contribution in [0.3, 0.4) is 0 Å². The SMILES string of the molecule is COC(=O)c1c(C)[nH]c(C(=O)C(C)Nc2ccc(N3CCCC3=O)c(OC)c2)c1C. The van der Waals surface area contributed by atoms with E-state index in [1.807, 2.05) is 12.1 Å².